The molecule has 0 unspecified atom stereocenters. The molecule has 3 rings (SSSR count). The Hall–Kier alpha value is -1.67. The standard InChI is InChI=1S/C14H19N3O4S/c1-22(19,20)16-7-3-4-11(10-16)12-5-2-6-13(15-12)17-8-9-21-14(17)18/h2,5-6,11H,3-4,7-10H2,1H3/t11-/m1/s1. The van der Waals surface area contributed by atoms with E-state index in [0.29, 0.717) is 32.1 Å². The van der Waals surface area contributed by atoms with E-state index in [1.54, 1.807) is 6.07 Å². The number of sulfonamides is 1. The highest BCUT2D eigenvalue weighted by Crippen LogP contribution is 2.28. The van der Waals surface area contributed by atoms with E-state index >= 15 is 0 Å². The normalized spacial score (nSPS) is 23.6. The average Bonchev–Trinajstić information content (AvgIpc) is 2.93. The number of aromatic nitrogens is 1. The molecule has 8 heteroatoms. The molecule has 0 saturated carbocycles. The molecule has 120 valence electrons. The molecule has 2 saturated heterocycles. The van der Waals surface area contributed by atoms with Crippen molar-refractivity contribution >= 4 is 21.9 Å². The maximum absolute atomic E-state index is 11.7. The minimum absolute atomic E-state index is 0.0575. The van der Waals surface area contributed by atoms with E-state index < -0.39 is 10.0 Å². The summed E-state index contributed by atoms with van der Waals surface area (Å²) in [5.74, 6) is 0.624. The largest absolute Gasteiger partial charge is 0.447 e. The van der Waals surface area contributed by atoms with Crippen molar-refractivity contribution in [1.29, 1.82) is 0 Å². The molecule has 0 N–H and O–H groups in total. The fraction of sp³-hybridized carbons (Fsp3) is 0.571. The second kappa shape index (κ2) is 5.85. The van der Waals surface area contributed by atoms with Gasteiger partial charge in [0.1, 0.15) is 12.4 Å². The summed E-state index contributed by atoms with van der Waals surface area (Å²) in [6, 6.07) is 5.51. The summed E-state index contributed by atoms with van der Waals surface area (Å²) in [6.07, 6.45) is 2.56. The number of hydrogen-bond acceptors (Lipinski definition) is 5. The second-order valence-electron chi connectivity index (χ2n) is 5.65. The van der Waals surface area contributed by atoms with Crippen LogP contribution in [-0.4, -0.2) is 56.3 Å². The minimum atomic E-state index is -3.18. The highest BCUT2D eigenvalue weighted by atomic mass is 32.2. The molecule has 1 atom stereocenters. The first-order chi connectivity index (χ1) is 10.4. The zero-order chi connectivity index (χ0) is 15.7. The van der Waals surface area contributed by atoms with E-state index in [9.17, 15) is 13.2 Å². The molecule has 22 heavy (non-hydrogen) atoms. The number of carbonyl (C=O) groups is 1. The molecule has 7 nitrogen and oxygen atoms in total. The maximum Gasteiger partial charge on any atom is 0.415 e. The van der Waals surface area contributed by atoms with Crippen molar-refractivity contribution in [2.24, 2.45) is 0 Å². The van der Waals surface area contributed by atoms with Crippen LogP contribution in [0.15, 0.2) is 18.2 Å². The molecule has 0 spiro atoms. The molecule has 0 aromatic carbocycles. The number of rotatable bonds is 3. The molecule has 2 aliphatic heterocycles. The Bertz CT molecular complexity index is 676. The van der Waals surface area contributed by atoms with Gasteiger partial charge >= 0.3 is 6.09 Å². The van der Waals surface area contributed by atoms with Crippen LogP contribution in [0.1, 0.15) is 24.5 Å². The van der Waals surface area contributed by atoms with Gasteiger partial charge in [0.15, 0.2) is 0 Å². The number of carbonyl (C=O) groups excluding carboxylic acids is 1. The summed E-state index contributed by atoms with van der Waals surface area (Å²) in [6.45, 7) is 1.87. The first kappa shape index (κ1) is 15.2. The number of cyclic esters (lactones) is 1. The SMILES string of the molecule is CS(=O)(=O)N1CCC[C@@H](c2cccc(N3CCOC3=O)n2)C1. The lowest BCUT2D eigenvalue weighted by Crippen LogP contribution is -2.38. The summed E-state index contributed by atoms with van der Waals surface area (Å²) in [5.41, 5.74) is 0.825. The van der Waals surface area contributed by atoms with E-state index in [2.05, 4.69) is 4.98 Å². The van der Waals surface area contributed by atoms with Crippen LogP contribution in [0.2, 0.25) is 0 Å². The van der Waals surface area contributed by atoms with Crippen molar-refractivity contribution in [3.8, 4) is 0 Å². The lowest BCUT2D eigenvalue weighted by atomic mass is 9.95. The van der Waals surface area contributed by atoms with Crippen molar-refractivity contribution in [3.63, 3.8) is 0 Å². The lowest BCUT2D eigenvalue weighted by Gasteiger charge is -2.30. The van der Waals surface area contributed by atoms with Crippen LogP contribution >= 0.6 is 0 Å². The molecule has 0 aliphatic carbocycles. The van der Waals surface area contributed by atoms with E-state index in [-0.39, 0.29) is 12.0 Å². The number of ether oxygens (including phenoxy) is 1. The summed E-state index contributed by atoms with van der Waals surface area (Å²) in [5, 5.41) is 0. The Labute approximate surface area is 129 Å². The second-order valence-corrected chi connectivity index (χ2v) is 7.63. The van der Waals surface area contributed by atoms with Gasteiger partial charge < -0.3 is 4.74 Å². The minimum Gasteiger partial charge on any atom is -0.447 e. The molecule has 3 heterocycles. The number of amides is 1. The van der Waals surface area contributed by atoms with Gasteiger partial charge in [-0.2, -0.15) is 0 Å². The Kier molecular flexibility index (Phi) is 4.05. The Morgan fingerprint density at radius 2 is 2.14 bits per heavy atom. The quantitative estimate of drug-likeness (QED) is 0.833. The van der Waals surface area contributed by atoms with E-state index in [1.807, 2.05) is 12.1 Å². The third kappa shape index (κ3) is 3.07. The predicted octanol–water partition coefficient (Wildman–Crippen LogP) is 1.18. The Morgan fingerprint density at radius 3 is 2.82 bits per heavy atom. The number of nitrogens with zero attached hydrogens (tertiary/aromatic N) is 3. The summed E-state index contributed by atoms with van der Waals surface area (Å²) >= 11 is 0. The predicted molar refractivity (Wildman–Crippen MR) is 81.3 cm³/mol. The van der Waals surface area contributed by atoms with Crippen molar-refractivity contribution in [2.45, 2.75) is 18.8 Å². The monoisotopic (exact) mass is 325 g/mol. The number of piperidine rings is 1. The molecule has 2 fully saturated rings. The van der Waals surface area contributed by atoms with Gasteiger partial charge in [0, 0.05) is 24.7 Å². The zero-order valence-corrected chi connectivity index (χ0v) is 13.3. The number of hydrogen-bond donors (Lipinski definition) is 0. The van der Waals surface area contributed by atoms with E-state index in [4.69, 9.17) is 4.74 Å². The van der Waals surface area contributed by atoms with Gasteiger partial charge in [-0.25, -0.2) is 22.5 Å². The van der Waals surface area contributed by atoms with Crippen LogP contribution in [0.3, 0.4) is 0 Å². The number of pyridine rings is 1. The highest BCUT2D eigenvalue weighted by Gasteiger charge is 2.29. The van der Waals surface area contributed by atoms with E-state index in [1.165, 1.54) is 15.5 Å². The van der Waals surface area contributed by atoms with Crippen molar-refractivity contribution in [1.82, 2.24) is 9.29 Å². The maximum atomic E-state index is 11.7. The lowest BCUT2D eigenvalue weighted by molar-refractivity contribution is 0.181. The summed E-state index contributed by atoms with van der Waals surface area (Å²) in [7, 11) is -3.18. The average molecular weight is 325 g/mol. The van der Waals surface area contributed by atoms with Crippen LogP contribution in [0, 0.1) is 0 Å². The molecule has 2 aliphatic rings. The third-order valence-electron chi connectivity index (χ3n) is 4.06. The molecule has 1 aromatic heterocycles. The topological polar surface area (TPSA) is 79.8 Å². The van der Waals surface area contributed by atoms with Gasteiger partial charge in [-0.05, 0) is 25.0 Å². The highest BCUT2D eigenvalue weighted by molar-refractivity contribution is 7.88. The van der Waals surface area contributed by atoms with Crippen LogP contribution < -0.4 is 4.90 Å². The summed E-state index contributed by atoms with van der Waals surface area (Å²) in [4.78, 5) is 17.7. The van der Waals surface area contributed by atoms with Gasteiger partial charge in [0.05, 0.1) is 12.8 Å². The van der Waals surface area contributed by atoms with Crippen molar-refractivity contribution in [3.05, 3.63) is 23.9 Å². The third-order valence-corrected chi connectivity index (χ3v) is 5.33. The van der Waals surface area contributed by atoms with Gasteiger partial charge in [-0.15, -0.1) is 0 Å². The molecule has 1 amide bonds. The molecular formula is C14H19N3O4S. The molecule has 0 bridgehead atoms. The van der Waals surface area contributed by atoms with Crippen LogP contribution in [0.25, 0.3) is 0 Å². The fourth-order valence-corrected chi connectivity index (χ4v) is 3.82. The van der Waals surface area contributed by atoms with Crippen LogP contribution in [-0.2, 0) is 14.8 Å². The van der Waals surface area contributed by atoms with Crippen LogP contribution in [0.4, 0.5) is 10.6 Å². The first-order valence-corrected chi connectivity index (χ1v) is 9.16. The van der Waals surface area contributed by atoms with Gasteiger partial charge in [-0.3, -0.25) is 4.90 Å². The molecular weight excluding hydrogens is 306 g/mol. The zero-order valence-electron chi connectivity index (χ0n) is 12.4. The summed E-state index contributed by atoms with van der Waals surface area (Å²) < 4.78 is 29.9. The van der Waals surface area contributed by atoms with Crippen molar-refractivity contribution < 1.29 is 17.9 Å². The first-order valence-electron chi connectivity index (χ1n) is 7.31. The van der Waals surface area contributed by atoms with E-state index in [0.717, 1.165) is 18.5 Å². The van der Waals surface area contributed by atoms with Crippen molar-refractivity contribution in [2.75, 3.05) is 37.4 Å². The molecule has 0 radical (unpaired) electrons. The smallest absolute Gasteiger partial charge is 0.415 e. The van der Waals surface area contributed by atoms with Gasteiger partial charge in [0.25, 0.3) is 0 Å². The fourth-order valence-electron chi connectivity index (χ4n) is 2.90. The molecule has 1 aromatic rings. The van der Waals surface area contributed by atoms with Crippen LogP contribution in [0.5, 0.6) is 0 Å². The number of anilines is 1. The van der Waals surface area contributed by atoms with Gasteiger partial charge in [-0.1, -0.05) is 6.07 Å². The van der Waals surface area contributed by atoms with Gasteiger partial charge in [0.2, 0.25) is 10.0 Å². The Morgan fingerprint density at radius 1 is 1.32 bits per heavy atom. The Balaban J connectivity index is 1.81.